The van der Waals surface area contributed by atoms with E-state index in [1.54, 1.807) is 6.07 Å². The summed E-state index contributed by atoms with van der Waals surface area (Å²) in [5.41, 5.74) is 0. The Balaban J connectivity index is 2.04. The molecule has 1 aliphatic heterocycles. The minimum Gasteiger partial charge on any atom is -0.384 e. The van der Waals surface area contributed by atoms with Gasteiger partial charge in [-0.2, -0.15) is 8.61 Å². The van der Waals surface area contributed by atoms with E-state index in [1.165, 1.54) is 34.2 Å². The predicted molar refractivity (Wildman–Crippen MR) is 80.2 cm³/mol. The van der Waals surface area contributed by atoms with Crippen LogP contribution in [-0.2, 0) is 24.8 Å². The highest BCUT2D eigenvalue weighted by molar-refractivity contribution is 7.89. The van der Waals surface area contributed by atoms with Crippen LogP contribution in [0.25, 0.3) is 0 Å². The molecular formula is C12H19N3O5S2. The molecule has 0 aromatic carbocycles. The first-order chi connectivity index (χ1) is 10.4. The number of methoxy groups -OCH3 is 1. The number of piperazine rings is 1. The van der Waals surface area contributed by atoms with Crippen molar-refractivity contribution in [1.82, 2.24) is 13.6 Å². The van der Waals surface area contributed by atoms with Gasteiger partial charge in [-0.05, 0) is 12.1 Å². The maximum Gasteiger partial charge on any atom is 0.244 e. The molecule has 8 nitrogen and oxygen atoms in total. The van der Waals surface area contributed by atoms with Crippen molar-refractivity contribution in [2.45, 2.75) is 4.90 Å². The Labute approximate surface area is 130 Å². The van der Waals surface area contributed by atoms with Crippen molar-refractivity contribution in [2.75, 3.05) is 45.6 Å². The average Bonchev–Trinajstić information content (AvgIpc) is 2.54. The van der Waals surface area contributed by atoms with E-state index in [-0.39, 0.29) is 43.4 Å². The molecule has 2 heterocycles. The molecule has 0 bridgehead atoms. The number of sulfonamides is 2. The SMILES string of the molecule is COCCS(=O)(=O)N1CCN(S(=O)(=O)c2cccnc2)CC1. The van der Waals surface area contributed by atoms with E-state index >= 15 is 0 Å². The second-order valence-electron chi connectivity index (χ2n) is 4.80. The number of nitrogens with zero attached hydrogens (tertiary/aromatic N) is 3. The lowest BCUT2D eigenvalue weighted by Gasteiger charge is -2.33. The van der Waals surface area contributed by atoms with Gasteiger partial charge in [0.15, 0.2) is 0 Å². The van der Waals surface area contributed by atoms with Crippen molar-refractivity contribution in [3.8, 4) is 0 Å². The zero-order chi connectivity index (χ0) is 16.2. The van der Waals surface area contributed by atoms with Gasteiger partial charge in [0, 0.05) is 45.7 Å². The lowest BCUT2D eigenvalue weighted by Crippen LogP contribution is -2.51. The van der Waals surface area contributed by atoms with Crippen molar-refractivity contribution < 1.29 is 21.6 Å². The van der Waals surface area contributed by atoms with Gasteiger partial charge in [-0.15, -0.1) is 0 Å². The maximum absolute atomic E-state index is 12.4. The largest absolute Gasteiger partial charge is 0.384 e. The van der Waals surface area contributed by atoms with E-state index in [0.29, 0.717) is 0 Å². The molecule has 1 aromatic rings. The average molecular weight is 349 g/mol. The molecule has 0 radical (unpaired) electrons. The van der Waals surface area contributed by atoms with Crippen LogP contribution in [0.1, 0.15) is 0 Å². The second-order valence-corrected chi connectivity index (χ2v) is 8.83. The highest BCUT2D eigenvalue weighted by Crippen LogP contribution is 2.17. The molecular weight excluding hydrogens is 330 g/mol. The number of hydrogen-bond donors (Lipinski definition) is 0. The molecule has 0 amide bonds. The third-order valence-corrected chi connectivity index (χ3v) is 7.13. The van der Waals surface area contributed by atoms with E-state index in [1.807, 2.05) is 0 Å². The minimum atomic E-state index is -3.62. The number of ether oxygens (including phenoxy) is 1. The topological polar surface area (TPSA) is 96.9 Å². The van der Waals surface area contributed by atoms with Crippen LogP contribution in [0.2, 0.25) is 0 Å². The standard InChI is InChI=1S/C12H19N3O5S2/c1-20-9-10-21(16,17)14-5-7-15(8-6-14)22(18,19)12-3-2-4-13-11-12/h2-4,11H,5-10H2,1H3. The molecule has 1 aromatic heterocycles. The summed E-state index contributed by atoms with van der Waals surface area (Å²) in [7, 11) is -5.59. The Morgan fingerprint density at radius 3 is 2.32 bits per heavy atom. The first-order valence-corrected chi connectivity index (χ1v) is 9.80. The second kappa shape index (κ2) is 7.01. The molecule has 0 N–H and O–H groups in total. The summed E-state index contributed by atoms with van der Waals surface area (Å²) in [4.78, 5) is 3.92. The lowest BCUT2D eigenvalue weighted by molar-refractivity contribution is 0.213. The normalized spacial score (nSPS) is 18.4. The minimum absolute atomic E-state index is 0.0984. The number of pyridine rings is 1. The molecule has 22 heavy (non-hydrogen) atoms. The van der Waals surface area contributed by atoms with E-state index in [2.05, 4.69) is 4.98 Å². The smallest absolute Gasteiger partial charge is 0.244 e. The van der Waals surface area contributed by atoms with Crippen LogP contribution < -0.4 is 0 Å². The Kier molecular flexibility index (Phi) is 5.50. The third kappa shape index (κ3) is 3.82. The first-order valence-electron chi connectivity index (χ1n) is 6.75. The van der Waals surface area contributed by atoms with Crippen molar-refractivity contribution in [1.29, 1.82) is 0 Å². The van der Waals surface area contributed by atoms with Crippen molar-refractivity contribution in [3.05, 3.63) is 24.5 Å². The van der Waals surface area contributed by atoms with Gasteiger partial charge in [-0.3, -0.25) is 4.98 Å². The number of rotatable bonds is 6. The summed E-state index contributed by atoms with van der Waals surface area (Å²) in [6.45, 7) is 0.667. The zero-order valence-corrected chi connectivity index (χ0v) is 13.9. The molecule has 1 aliphatic rings. The molecule has 1 saturated heterocycles. The first kappa shape index (κ1) is 17.3. The van der Waals surface area contributed by atoms with Crippen LogP contribution in [0.15, 0.2) is 29.4 Å². The third-order valence-electron chi connectivity index (χ3n) is 3.41. The summed E-state index contributed by atoms with van der Waals surface area (Å²) in [6.07, 6.45) is 2.79. The molecule has 0 atom stereocenters. The monoisotopic (exact) mass is 349 g/mol. The summed E-state index contributed by atoms with van der Waals surface area (Å²) in [5, 5.41) is 0. The van der Waals surface area contributed by atoms with Crippen LogP contribution >= 0.6 is 0 Å². The van der Waals surface area contributed by atoms with Gasteiger partial charge >= 0.3 is 0 Å². The van der Waals surface area contributed by atoms with E-state index in [9.17, 15) is 16.8 Å². The van der Waals surface area contributed by atoms with Crippen LogP contribution in [0.5, 0.6) is 0 Å². The van der Waals surface area contributed by atoms with Crippen LogP contribution in [0.3, 0.4) is 0 Å². The highest BCUT2D eigenvalue weighted by atomic mass is 32.2. The van der Waals surface area contributed by atoms with Crippen LogP contribution in [-0.4, -0.2) is 76.1 Å². The summed E-state index contributed by atoms with van der Waals surface area (Å²) >= 11 is 0. The van der Waals surface area contributed by atoms with Gasteiger partial charge in [-0.25, -0.2) is 16.8 Å². The summed E-state index contributed by atoms with van der Waals surface area (Å²) in [5.74, 6) is -0.0984. The molecule has 0 aliphatic carbocycles. The number of aromatic nitrogens is 1. The quantitative estimate of drug-likeness (QED) is 0.678. The molecule has 0 unspecified atom stereocenters. The number of hydrogen-bond acceptors (Lipinski definition) is 6. The van der Waals surface area contributed by atoms with Gasteiger partial charge in [0.05, 0.1) is 12.4 Å². The van der Waals surface area contributed by atoms with Crippen molar-refractivity contribution >= 4 is 20.0 Å². The van der Waals surface area contributed by atoms with Crippen molar-refractivity contribution in [2.24, 2.45) is 0 Å². The van der Waals surface area contributed by atoms with Crippen LogP contribution in [0.4, 0.5) is 0 Å². The molecule has 124 valence electrons. The Morgan fingerprint density at radius 1 is 1.14 bits per heavy atom. The fraction of sp³-hybridized carbons (Fsp3) is 0.583. The molecule has 2 rings (SSSR count). The highest BCUT2D eigenvalue weighted by Gasteiger charge is 2.32. The fourth-order valence-corrected chi connectivity index (χ4v) is 4.90. The van der Waals surface area contributed by atoms with Crippen molar-refractivity contribution in [3.63, 3.8) is 0 Å². The Hall–Kier alpha value is -1.07. The summed E-state index contributed by atoms with van der Waals surface area (Å²) < 4.78 is 56.3. The van der Waals surface area contributed by atoms with Gasteiger partial charge < -0.3 is 4.74 Å². The Morgan fingerprint density at radius 2 is 1.77 bits per heavy atom. The zero-order valence-electron chi connectivity index (χ0n) is 12.3. The fourth-order valence-electron chi connectivity index (χ4n) is 2.15. The van der Waals surface area contributed by atoms with Gasteiger partial charge in [0.25, 0.3) is 0 Å². The van der Waals surface area contributed by atoms with E-state index in [4.69, 9.17) is 4.74 Å². The maximum atomic E-state index is 12.4. The van der Waals surface area contributed by atoms with E-state index < -0.39 is 20.0 Å². The van der Waals surface area contributed by atoms with Crippen LogP contribution in [0, 0.1) is 0 Å². The Bertz CT molecular complexity index is 683. The molecule has 0 spiro atoms. The van der Waals surface area contributed by atoms with Gasteiger partial charge in [0.1, 0.15) is 4.90 Å². The molecule has 10 heteroatoms. The molecule has 1 fully saturated rings. The molecule has 0 saturated carbocycles. The summed E-state index contributed by atoms with van der Waals surface area (Å²) in [6, 6.07) is 3.03. The van der Waals surface area contributed by atoms with Gasteiger partial charge in [0.2, 0.25) is 20.0 Å². The lowest BCUT2D eigenvalue weighted by atomic mass is 10.4. The van der Waals surface area contributed by atoms with E-state index in [0.717, 1.165) is 0 Å². The van der Waals surface area contributed by atoms with Gasteiger partial charge in [-0.1, -0.05) is 0 Å². The predicted octanol–water partition coefficient (Wildman–Crippen LogP) is -0.636.